The first kappa shape index (κ1) is 13.7. The van der Waals surface area contributed by atoms with E-state index in [0.717, 1.165) is 48.3 Å². The molecule has 0 radical (unpaired) electrons. The van der Waals surface area contributed by atoms with E-state index in [2.05, 4.69) is 43.3 Å². The second-order valence-electron chi connectivity index (χ2n) is 5.76. The fourth-order valence-corrected chi connectivity index (χ4v) is 4.03. The van der Waals surface area contributed by atoms with Crippen LogP contribution in [0.3, 0.4) is 0 Å². The highest BCUT2D eigenvalue weighted by atomic mass is 32.1. The van der Waals surface area contributed by atoms with E-state index in [1.54, 1.807) is 22.2 Å². The Morgan fingerprint density at radius 2 is 1.75 bits per heavy atom. The molecule has 7 nitrogen and oxygen atoms in total. The molecule has 120 valence electrons. The van der Waals surface area contributed by atoms with Crippen molar-refractivity contribution in [3.8, 4) is 0 Å². The molecule has 0 atom stereocenters. The van der Waals surface area contributed by atoms with Crippen LogP contribution < -0.4 is 9.80 Å². The standard InChI is InChI=1S/C16H15N7S/c1-2-4-13-12(3-1)18-16(24-13)22-9-7-21(8-10-22)15-6-5-14-19-17-11-23(14)20-15/h1-6,11H,7-10H2. The third-order valence-electron chi connectivity index (χ3n) is 4.30. The highest BCUT2D eigenvalue weighted by Crippen LogP contribution is 2.29. The largest absolute Gasteiger partial charge is 0.352 e. The Balaban J connectivity index is 1.34. The molecule has 1 aromatic carbocycles. The van der Waals surface area contributed by atoms with E-state index in [-0.39, 0.29) is 0 Å². The molecule has 0 spiro atoms. The number of nitrogens with zero attached hydrogens (tertiary/aromatic N) is 7. The van der Waals surface area contributed by atoms with E-state index in [1.165, 1.54) is 4.70 Å². The minimum Gasteiger partial charge on any atom is -0.352 e. The van der Waals surface area contributed by atoms with Crippen LogP contribution in [0.25, 0.3) is 15.9 Å². The molecule has 24 heavy (non-hydrogen) atoms. The lowest BCUT2D eigenvalue weighted by atomic mass is 10.3. The van der Waals surface area contributed by atoms with Crippen molar-refractivity contribution < 1.29 is 0 Å². The monoisotopic (exact) mass is 337 g/mol. The molecule has 1 saturated heterocycles. The molecule has 4 heterocycles. The van der Waals surface area contributed by atoms with Crippen molar-refractivity contribution in [1.82, 2.24) is 24.8 Å². The first-order valence-corrected chi connectivity index (χ1v) is 8.71. The molecule has 1 aliphatic heterocycles. The van der Waals surface area contributed by atoms with Gasteiger partial charge < -0.3 is 9.80 Å². The molecular weight excluding hydrogens is 322 g/mol. The van der Waals surface area contributed by atoms with Crippen molar-refractivity contribution in [3.63, 3.8) is 0 Å². The van der Waals surface area contributed by atoms with Crippen molar-refractivity contribution in [2.75, 3.05) is 36.0 Å². The zero-order valence-corrected chi connectivity index (χ0v) is 13.7. The first-order valence-electron chi connectivity index (χ1n) is 7.89. The summed E-state index contributed by atoms with van der Waals surface area (Å²) >= 11 is 1.76. The average molecular weight is 337 g/mol. The summed E-state index contributed by atoms with van der Waals surface area (Å²) in [6.45, 7) is 3.75. The zero-order valence-electron chi connectivity index (χ0n) is 12.9. The van der Waals surface area contributed by atoms with Gasteiger partial charge in [-0.25, -0.2) is 4.98 Å². The van der Waals surface area contributed by atoms with E-state index in [9.17, 15) is 0 Å². The topological polar surface area (TPSA) is 62.5 Å². The number of anilines is 2. The summed E-state index contributed by atoms with van der Waals surface area (Å²) in [7, 11) is 0. The number of hydrogen-bond donors (Lipinski definition) is 0. The Morgan fingerprint density at radius 1 is 0.917 bits per heavy atom. The number of piperazine rings is 1. The molecule has 8 heteroatoms. The molecule has 0 aliphatic carbocycles. The second kappa shape index (κ2) is 5.41. The molecule has 0 saturated carbocycles. The Hall–Kier alpha value is -2.74. The quantitative estimate of drug-likeness (QED) is 0.558. The molecule has 1 aliphatic rings. The normalized spacial score (nSPS) is 15.5. The van der Waals surface area contributed by atoms with Crippen LogP contribution in [0.1, 0.15) is 0 Å². The number of fused-ring (bicyclic) bond motifs is 2. The molecule has 5 rings (SSSR count). The summed E-state index contributed by atoms with van der Waals surface area (Å²) in [5.74, 6) is 0.964. The van der Waals surface area contributed by atoms with Gasteiger partial charge in [0, 0.05) is 26.2 Å². The Kier molecular flexibility index (Phi) is 3.08. The van der Waals surface area contributed by atoms with E-state index >= 15 is 0 Å². The van der Waals surface area contributed by atoms with Crippen molar-refractivity contribution in [2.45, 2.75) is 0 Å². The molecule has 3 aromatic heterocycles. The van der Waals surface area contributed by atoms with Gasteiger partial charge in [-0.3, -0.25) is 0 Å². The van der Waals surface area contributed by atoms with Crippen molar-refractivity contribution in [3.05, 3.63) is 42.7 Å². The van der Waals surface area contributed by atoms with Crippen LogP contribution in [0.2, 0.25) is 0 Å². The Morgan fingerprint density at radius 3 is 2.62 bits per heavy atom. The van der Waals surface area contributed by atoms with Crippen LogP contribution >= 0.6 is 11.3 Å². The van der Waals surface area contributed by atoms with Gasteiger partial charge in [0.05, 0.1) is 10.2 Å². The van der Waals surface area contributed by atoms with Crippen LogP contribution in [-0.2, 0) is 0 Å². The van der Waals surface area contributed by atoms with Gasteiger partial charge in [0.1, 0.15) is 12.1 Å². The van der Waals surface area contributed by atoms with Gasteiger partial charge in [-0.2, -0.15) is 4.52 Å². The number of para-hydroxylation sites is 1. The van der Waals surface area contributed by atoms with E-state index in [0.29, 0.717) is 0 Å². The fourth-order valence-electron chi connectivity index (χ4n) is 3.01. The van der Waals surface area contributed by atoms with Crippen LogP contribution in [0.5, 0.6) is 0 Å². The van der Waals surface area contributed by atoms with Crippen molar-refractivity contribution in [2.24, 2.45) is 0 Å². The van der Waals surface area contributed by atoms with Crippen molar-refractivity contribution >= 4 is 38.2 Å². The van der Waals surface area contributed by atoms with E-state index in [1.807, 2.05) is 18.2 Å². The van der Waals surface area contributed by atoms with Gasteiger partial charge in [-0.15, -0.1) is 15.3 Å². The number of benzene rings is 1. The third-order valence-corrected chi connectivity index (χ3v) is 5.40. The summed E-state index contributed by atoms with van der Waals surface area (Å²) in [5.41, 5.74) is 1.85. The Labute approximate surface area is 142 Å². The molecule has 0 unspecified atom stereocenters. The fraction of sp³-hybridized carbons (Fsp3) is 0.250. The predicted octanol–water partition coefficient (Wildman–Crippen LogP) is 2.06. The minimum absolute atomic E-state index is 0.770. The summed E-state index contributed by atoms with van der Waals surface area (Å²) in [6.07, 6.45) is 1.64. The van der Waals surface area contributed by atoms with Gasteiger partial charge >= 0.3 is 0 Å². The lowest BCUT2D eigenvalue weighted by Gasteiger charge is -2.35. The number of rotatable bonds is 2. The van der Waals surface area contributed by atoms with Gasteiger partial charge in [0.15, 0.2) is 10.8 Å². The van der Waals surface area contributed by atoms with Gasteiger partial charge in [0.2, 0.25) is 0 Å². The van der Waals surface area contributed by atoms with Gasteiger partial charge in [-0.05, 0) is 24.3 Å². The van der Waals surface area contributed by atoms with E-state index < -0.39 is 0 Å². The molecule has 0 bridgehead atoms. The lowest BCUT2D eigenvalue weighted by Crippen LogP contribution is -2.46. The summed E-state index contributed by atoms with van der Waals surface area (Å²) in [5, 5.41) is 13.6. The highest BCUT2D eigenvalue weighted by molar-refractivity contribution is 7.22. The number of aromatic nitrogens is 5. The minimum atomic E-state index is 0.770. The SMILES string of the molecule is c1ccc2sc(N3CCN(c4ccc5nncn5n4)CC3)nc2c1. The molecule has 1 fully saturated rings. The summed E-state index contributed by atoms with van der Waals surface area (Å²) < 4.78 is 2.96. The first-order chi connectivity index (χ1) is 11.9. The number of hydrogen-bond acceptors (Lipinski definition) is 7. The highest BCUT2D eigenvalue weighted by Gasteiger charge is 2.21. The van der Waals surface area contributed by atoms with Crippen molar-refractivity contribution in [1.29, 1.82) is 0 Å². The van der Waals surface area contributed by atoms with Crippen LogP contribution in [-0.4, -0.2) is 51.0 Å². The molecular formula is C16H15N7S. The molecule has 0 N–H and O–H groups in total. The predicted molar refractivity (Wildman–Crippen MR) is 94.8 cm³/mol. The average Bonchev–Trinajstić information content (AvgIpc) is 3.27. The third kappa shape index (κ3) is 2.26. The maximum absolute atomic E-state index is 4.76. The zero-order chi connectivity index (χ0) is 15.9. The molecule has 4 aromatic rings. The van der Waals surface area contributed by atoms with Gasteiger partial charge in [0.25, 0.3) is 0 Å². The van der Waals surface area contributed by atoms with E-state index in [4.69, 9.17) is 4.98 Å². The summed E-state index contributed by atoms with van der Waals surface area (Å²) in [6, 6.07) is 12.3. The maximum Gasteiger partial charge on any atom is 0.186 e. The Bertz CT molecular complexity index is 957. The summed E-state index contributed by atoms with van der Waals surface area (Å²) in [4.78, 5) is 9.41. The van der Waals surface area contributed by atoms with Crippen LogP contribution in [0.4, 0.5) is 10.9 Å². The lowest BCUT2D eigenvalue weighted by molar-refractivity contribution is 0.640. The van der Waals surface area contributed by atoms with Crippen LogP contribution in [0.15, 0.2) is 42.7 Å². The maximum atomic E-state index is 4.76. The smallest absolute Gasteiger partial charge is 0.186 e. The second-order valence-corrected chi connectivity index (χ2v) is 6.77. The van der Waals surface area contributed by atoms with Gasteiger partial charge in [-0.1, -0.05) is 23.5 Å². The van der Waals surface area contributed by atoms with Crippen LogP contribution in [0, 0.1) is 0 Å². The number of thiazole rings is 1. The molecule has 0 amide bonds.